The number of nitrogens with one attached hydrogen (secondary N) is 1. The molecule has 0 aliphatic rings. The SMILES string of the molecule is NNC(Cc1c(Cl)cccc1Cl)c1cccc(Cl)c1. The molecule has 0 aromatic heterocycles. The third-order valence-electron chi connectivity index (χ3n) is 2.92. The molecule has 3 N–H and O–H groups in total. The lowest BCUT2D eigenvalue weighted by molar-refractivity contribution is 0.552. The number of benzene rings is 2. The number of halogens is 3. The second-order valence-electron chi connectivity index (χ2n) is 4.18. The van der Waals surface area contributed by atoms with Crippen LogP contribution in [0.15, 0.2) is 42.5 Å². The maximum absolute atomic E-state index is 6.17. The Morgan fingerprint density at radius 1 is 1.00 bits per heavy atom. The Morgan fingerprint density at radius 3 is 2.21 bits per heavy atom. The van der Waals surface area contributed by atoms with Crippen molar-refractivity contribution in [3.8, 4) is 0 Å². The first-order chi connectivity index (χ1) is 9.11. The molecule has 0 aliphatic carbocycles. The zero-order chi connectivity index (χ0) is 13.8. The molecule has 2 rings (SSSR count). The summed E-state index contributed by atoms with van der Waals surface area (Å²) in [6, 6.07) is 12.9. The van der Waals surface area contributed by atoms with Gasteiger partial charge < -0.3 is 0 Å². The van der Waals surface area contributed by atoms with Gasteiger partial charge in [-0.15, -0.1) is 0 Å². The Bertz CT molecular complexity index is 552. The van der Waals surface area contributed by atoms with Gasteiger partial charge in [0.1, 0.15) is 0 Å². The Balaban J connectivity index is 2.29. The van der Waals surface area contributed by atoms with Crippen molar-refractivity contribution < 1.29 is 0 Å². The fourth-order valence-electron chi connectivity index (χ4n) is 1.93. The minimum atomic E-state index is -0.101. The van der Waals surface area contributed by atoms with E-state index in [0.29, 0.717) is 21.5 Å². The molecule has 2 nitrogen and oxygen atoms in total. The van der Waals surface area contributed by atoms with Crippen molar-refractivity contribution in [2.24, 2.45) is 5.84 Å². The first-order valence-corrected chi connectivity index (χ1v) is 6.89. The number of rotatable bonds is 4. The van der Waals surface area contributed by atoms with Gasteiger partial charge in [0, 0.05) is 15.1 Å². The van der Waals surface area contributed by atoms with Crippen LogP contribution in [0.5, 0.6) is 0 Å². The van der Waals surface area contributed by atoms with Gasteiger partial charge in [-0.1, -0.05) is 53.0 Å². The molecule has 2 aromatic rings. The van der Waals surface area contributed by atoms with Crippen LogP contribution in [0.25, 0.3) is 0 Å². The van der Waals surface area contributed by atoms with Gasteiger partial charge in [-0.2, -0.15) is 0 Å². The highest BCUT2D eigenvalue weighted by molar-refractivity contribution is 6.36. The van der Waals surface area contributed by atoms with E-state index in [1.165, 1.54) is 0 Å². The van der Waals surface area contributed by atoms with E-state index < -0.39 is 0 Å². The van der Waals surface area contributed by atoms with E-state index in [9.17, 15) is 0 Å². The van der Waals surface area contributed by atoms with Crippen molar-refractivity contribution in [1.82, 2.24) is 5.43 Å². The molecule has 2 aromatic carbocycles. The van der Waals surface area contributed by atoms with Gasteiger partial charge in [0.2, 0.25) is 0 Å². The van der Waals surface area contributed by atoms with Crippen molar-refractivity contribution >= 4 is 34.8 Å². The van der Waals surface area contributed by atoms with E-state index in [1.54, 1.807) is 0 Å². The van der Waals surface area contributed by atoms with Gasteiger partial charge >= 0.3 is 0 Å². The fraction of sp³-hybridized carbons (Fsp3) is 0.143. The minimum Gasteiger partial charge on any atom is -0.271 e. The van der Waals surface area contributed by atoms with Gasteiger partial charge in [0.25, 0.3) is 0 Å². The number of hydrogen-bond acceptors (Lipinski definition) is 2. The zero-order valence-electron chi connectivity index (χ0n) is 10.0. The van der Waals surface area contributed by atoms with Crippen LogP contribution in [0, 0.1) is 0 Å². The van der Waals surface area contributed by atoms with Gasteiger partial charge in [0.05, 0.1) is 6.04 Å². The smallest absolute Gasteiger partial charge is 0.0501 e. The zero-order valence-corrected chi connectivity index (χ0v) is 12.3. The summed E-state index contributed by atoms with van der Waals surface area (Å²) in [5, 5.41) is 1.94. The Labute approximate surface area is 127 Å². The van der Waals surface area contributed by atoms with Gasteiger partial charge in [0.15, 0.2) is 0 Å². The van der Waals surface area contributed by atoms with Gasteiger partial charge in [-0.3, -0.25) is 11.3 Å². The lowest BCUT2D eigenvalue weighted by Crippen LogP contribution is -2.29. The van der Waals surface area contributed by atoms with Crippen molar-refractivity contribution in [3.05, 3.63) is 68.7 Å². The summed E-state index contributed by atoms with van der Waals surface area (Å²) in [6.07, 6.45) is 0.593. The van der Waals surface area contributed by atoms with Crippen LogP contribution in [-0.2, 0) is 6.42 Å². The summed E-state index contributed by atoms with van der Waals surface area (Å²) in [5.74, 6) is 5.62. The Hall–Kier alpha value is -0.770. The van der Waals surface area contributed by atoms with E-state index in [2.05, 4.69) is 5.43 Å². The molecule has 0 bridgehead atoms. The van der Waals surface area contributed by atoms with Crippen molar-refractivity contribution in [2.45, 2.75) is 12.5 Å². The van der Waals surface area contributed by atoms with E-state index in [4.69, 9.17) is 40.6 Å². The topological polar surface area (TPSA) is 38.0 Å². The van der Waals surface area contributed by atoms with Crippen molar-refractivity contribution in [3.63, 3.8) is 0 Å². The number of hydrazine groups is 1. The molecule has 19 heavy (non-hydrogen) atoms. The minimum absolute atomic E-state index is 0.101. The molecule has 0 aliphatic heterocycles. The third kappa shape index (κ3) is 3.62. The number of hydrogen-bond donors (Lipinski definition) is 2. The molecule has 0 fully saturated rings. The van der Waals surface area contributed by atoms with Gasteiger partial charge in [-0.05, 0) is 41.8 Å². The molecule has 0 heterocycles. The molecule has 0 saturated heterocycles. The fourth-order valence-corrected chi connectivity index (χ4v) is 2.68. The molecule has 0 radical (unpaired) electrons. The molecule has 5 heteroatoms. The van der Waals surface area contributed by atoms with Crippen LogP contribution >= 0.6 is 34.8 Å². The van der Waals surface area contributed by atoms with Crippen LogP contribution in [0.1, 0.15) is 17.2 Å². The van der Waals surface area contributed by atoms with Crippen molar-refractivity contribution in [1.29, 1.82) is 0 Å². The maximum Gasteiger partial charge on any atom is 0.0501 e. The second-order valence-corrected chi connectivity index (χ2v) is 5.43. The Kier molecular flexibility index (Phi) is 5.08. The highest BCUT2D eigenvalue weighted by atomic mass is 35.5. The quantitative estimate of drug-likeness (QED) is 0.648. The van der Waals surface area contributed by atoms with Crippen LogP contribution in [0.3, 0.4) is 0 Å². The normalized spacial score (nSPS) is 12.4. The molecule has 0 amide bonds. The molecule has 100 valence electrons. The van der Waals surface area contributed by atoms with Crippen molar-refractivity contribution in [2.75, 3.05) is 0 Å². The molecule has 0 spiro atoms. The van der Waals surface area contributed by atoms with Crippen LogP contribution in [0.2, 0.25) is 15.1 Å². The molecule has 1 atom stereocenters. The van der Waals surface area contributed by atoms with E-state index in [1.807, 2.05) is 42.5 Å². The highest BCUT2D eigenvalue weighted by Crippen LogP contribution is 2.29. The second kappa shape index (κ2) is 6.60. The standard InChI is InChI=1S/C14H13Cl3N2/c15-10-4-1-3-9(7-10)14(19-18)8-11-12(16)5-2-6-13(11)17/h1-7,14,19H,8,18H2. The van der Waals surface area contributed by atoms with E-state index in [0.717, 1.165) is 11.1 Å². The van der Waals surface area contributed by atoms with Gasteiger partial charge in [-0.25, -0.2) is 0 Å². The third-order valence-corrected chi connectivity index (χ3v) is 3.87. The van der Waals surface area contributed by atoms with E-state index >= 15 is 0 Å². The Morgan fingerprint density at radius 2 is 1.63 bits per heavy atom. The highest BCUT2D eigenvalue weighted by Gasteiger charge is 2.15. The van der Waals surface area contributed by atoms with Crippen LogP contribution < -0.4 is 11.3 Å². The summed E-state index contributed by atoms with van der Waals surface area (Å²) >= 11 is 18.3. The predicted molar refractivity (Wildman–Crippen MR) is 81.7 cm³/mol. The van der Waals surface area contributed by atoms with Crippen LogP contribution in [0.4, 0.5) is 0 Å². The summed E-state index contributed by atoms with van der Waals surface area (Å²) in [6.45, 7) is 0. The molecular weight excluding hydrogens is 303 g/mol. The first kappa shape index (κ1) is 14.6. The summed E-state index contributed by atoms with van der Waals surface area (Å²) < 4.78 is 0. The van der Waals surface area contributed by atoms with E-state index in [-0.39, 0.29) is 6.04 Å². The summed E-state index contributed by atoms with van der Waals surface area (Å²) in [5.41, 5.74) is 4.63. The predicted octanol–water partition coefficient (Wildman–Crippen LogP) is 4.39. The first-order valence-electron chi connectivity index (χ1n) is 5.76. The average Bonchev–Trinajstić information content (AvgIpc) is 2.38. The van der Waals surface area contributed by atoms with Crippen LogP contribution in [-0.4, -0.2) is 0 Å². The largest absolute Gasteiger partial charge is 0.271 e. The lowest BCUT2D eigenvalue weighted by Gasteiger charge is -2.18. The average molecular weight is 316 g/mol. The molecule has 1 unspecified atom stereocenters. The molecule has 0 saturated carbocycles. The number of nitrogens with two attached hydrogens (primary N) is 1. The maximum atomic E-state index is 6.17. The summed E-state index contributed by atoms with van der Waals surface area (Å²) in [7, 11) is 0. The summed E-state index contributed by atoms with van der Waals surface area (Å²) in [4.78, 5) is 0. The lowest BCUT2D eigenvalue weighted by atomic mass is 9.99. The molecular formula is C14H13Cl3N2. The monoisotopic (exact) mass is 314 g/mol.